The van der Waals surface area contributed by atoms with Crippen molar-refractivity contribution in [3.05, 3.63) is 39.8 Å². The molecule has 0 aliphatic heterocycles. The third kappa shape index (κ3) is 3.21. The van der Waals surface area contributed by atoms with Crippen LogP contribution >= 0.6 is 0 Å². The Labute approximate surface area is 134 Å². The van der Waals surface area contributed by atoms with Crippen LogP contribution in [0.15, 0.2) is 23.1 Å². The van der Waals surface area contributed by atoms with E-state index in [0.29, 0.717) is 18.1 Å². The van der Waals surface area contributed by atoms with Crippen LogP contribution in [0.2, 0.25) is 0 Å². The Morgan fingerprint density at radius 1 is 1.39 bits per heavy atom. The number of pyridine rings is 1. The minimum Gasteiger partial charge on any atom is -0.493 e. The van der Waals surface area contributed by atoms with Gasteiger partial charge in [0.05, 0.1) is 0 Å². The molecule has 1 fully saturated rings. The second kappa shape index (κ2) is 6.40. The fourth-order valence-electron chi connectivity index (χ4n) is 3.14. The summed E-state index contributed by atoms with van der Waals surface area (Å²) in [5.74, 6) is -0.615. The van der Waals surface area contributed by atoms with Crippen molar-refractivity contribution < 1.29 is 9.90 Å². The Morgan fingerprint density at radius 3 is 2.87 bits per heavy atom. The van der Waals surface area contributed by atoms with Crippen LogP contribution in [0.1, 0.15) is 48.0 Å². The molecule has 0 aromatic carbocycles. The topological polar surface area (TPSA) is 83.7 Å². The highest BCUT2D eigenvalue weighted by Gasteiger charge is 2.21. The van der Waals surface area contributed by atoms with Crippen LogP contribution in [-0.4, -0.2) is 26.9 Å². The number of amides is 1. The molecule has 2 heterocycles. The first-order valence-electron chi connectivity index (χ1n) is 8.06. The van der Waals surface area contributed by atoms with E-state index in [2.05, 4.69) is 10.3 Å². The van der Waals surface area contributed by atoms with Crippen molar-refractivity contribution in [1.82, 2.24) is 14.7 Å². The van der Waals surface area contributed by atoms with Crippen molar-refractivity contribution in [3.63, 3.8) is 0 Å². The number of carbonyl (C=O) groups excluding carboxylic acids is 1. The van der Waals surface area contributed by atoms with E-state index in [4.69, 9.17) is 0 Å². The van der Waals surface area contributed by atoms with Crippen LogP contribution in [-0.2, 0) is 0 Å². The van der Waals surface area contributed by atoms with Gasteiger partial charge in [-0.15, -0.1) is 0 Å². The van der Waals surface area contributed by atoms with Gasteiger partial charge in [-0.3, -0.25) is 14.0 Å². The molecule has 1 saturated carbocycles. The van der Waals surface area contributed by atoms with Crippen LogP contribution in [0.5, 0.6) is 5.88 Å². The number of aromatic hydroxyl groups is 1. The maximum Gasteiger partial charge on any atom is 0.274 e. The molecule has 6 heteroatoms. The summed E-state index contributed by atoms with van der Waals surface area (Å²) in [5, 5.41) is 12.8. The van der Waals surface area contributed by atoms with Crippen molar-refractivity contribution in [2.24, 2.45) is 5.92 Å². The minimum atomic E-state index is -0.555. The van der Waals surface area contributed by atoms with Crippen LogP contribution in [0.4, 0.5) is 0 Å². The Kier molecular flexibility index (Phi) is 4.32. The lowest BCUT2D eigenvalue weighted by molar-refractivity contribution is 0.0938. The second-order valence-electron chi connectivity index (χ2n) is 6.26. The van der Waals surface area contributed by atoms with Gasteiger partial charge in [0.2, 0.25) is 5.88 Å². The van der Waals surface area contributed by atoms with E-state index in [-0.39, 0.29) is 5.56 Å². The second-order valence-corrected chi connectivity index (χ2v) is 6.26. The van der Waals surface area contributed by atoms with Crippen LogP contribution in [0, 0.1) is 12.8 Å². The Morgan fingerprint density at radius 2 is 2.13 bits per heavy atom. The van der Waals surface area contributed by atoms with Crippen LogP contribution in [0.3, 0.4) is 0 Å². The summed E-state index contributed by atoms with van der Waals surface area (Å²) < 4.78 is 1.28. The molecule has 2 aromatic rings. The summed E-state index contributed by atoms with van der Waals surface area (Å²) in [6, 6.07) is 3.45. The highest BCUT2D eigenvalue weighted by molar-refractivity contribution is 5.96. The molecule has 0 saturated heterocycles. The lowest BCUT2D eigenvalue weighted by Gasteiger charge is -2.21. The van der Waals surface area contributed by atoms with Crippen molar-refractivity contribution >= 4 is 11.6 Å². The molecule has 122 valence electrons. The quantitative estimate of drug-likeness (QED) is 0.907. The lowest BCUT2D eigenvalue weighted by Crippen LogP contribution is -2.35. The Bertz CT molecular complexity index is 792. The van der Waals surface area contributed by atoms with E-state index in [1.165, 1.54) is 23.7 Å². The fraction of sp³-hybridized carbons (Fsp3) is 0.471. The summed E-state index contributed by atoms with van der Waals surface area (Å²) in [6.07, 6.45) is 7.38. The molecule has 2 N–H and O–H groups in total. The highest BCUT2D eigenvalue weighted by atomic mass is 16.3. The van der Waals surface area contributed by atoms with Gasteiger partial charge in [-0.2, -0.15) is 4.98 Å². The monoisotopic (exact) mass is 315 g/mol. The SMILES string of the molecule is Cc1ccn2c(=O)c(C(=O)NCC3CCCCC3)c(O)nc2c1. The summed E-state index contributed by atoms with van der Waals surface area (Å²) in [4.78, 5) is 28.7. The first-order valence-corrected chi connectivity index (χ1v) is 8.06. The summed E-state index contributed by atoms with van der Waals surface area (Å²) in [6.45, 7) is 2.41. The van der Waals surface area contributed by atoms with E-state index in [1.54, 1.807) is 18.3 Å². The maximum atomic E-state index is 12.5. The smallest absolute Gasteiger partial charge is 0.274 e. The van der Waals surface area contributed by atoms with Gasteiger partial charge >= 0.3 is 0 Å². The van der Waals surface area contributed by atoms with Gasteiger partial charge in [-0.25, -0.2) is 0 Å². The van der Waals surface area contributed by atoms with Gasteiger partial charge in [0, 0.05) is 12.7 Å². The molecule has 23 heavy (non-hydrogen) atoms. The van der Waals surface area contributed by atoms with Gasteiger partial charge < -0.3 is 10.4 Å². The zero-order valence-electron chi connectivity index (χ0n) is 13.2. The number of fused-ring (bicyclic) bond motifs is 1. The molecule has 1 amide bonds. The molecule has 0 unspecified atom stereocenters. The maximum absolute atomic E-state index is 12.5. The number of rotatable bonds is 3. The van der Waals surface area contributed by atoms with E-state index in [0.717, 1.165) is 18.4 Å². The number of aryl methyl sites for hydroxylation is 1. The number of aromatic nitrogens is 2. The summed E-state index contributed by atoms with van der Waals surface area (Å²) >= 11 is 0. The van der Waals surface area contributed by atoms with E-state index in [9.17, 15) is 14.7 Å². The number of nitrogens with zero attached hydrogens (tertiary/aromatic N) is 2. The first-order chi connectivity index (χ1) is 11.1. The van der Waals surface area contributed by atoms with Crippen LogP contribution in [0.25, 0.3) is 5.65 Å². The van der Waals surface area contributed by atoms with Crippen molar-refractivity contribution in [2.45, 2.75) is 39.0 Å². The first kappa shape index (κ1) is 15.5. The largest absolute Gasteiger partial charge is 0.493 e. The van der Waals surface area contributed by atoms with E-state index in [1.807, 2.05) is 6.92 Å². The summed E-state index contributed by atoms with van der Waals surface area (Å²) in [7, 11) is 0. The number of nitrogens with one attached hydrogen (secondary N) is 1. The molecular weight excluding hydrogens is 294 g/mol. The molecule has 3 rings (SSSR count). The van der Waals surface area contributed by atoms with Gasteiger partial charge in [0.1, 0.15) is 5.65 Å². The fourth-order valence-corrected chi connectivity index (χ4v) is 3.14. The molecular formula is C17H21N3O3. The number of carbonyl (C=O) groups is 1. The van der Waals surface area contributed by atoms with Gasteiger partial charge in [-0.05, 0) is 43.4 Å². The third-order valence-corrected chi connectivity index (χ3v) is 4.47. The Balaban J connectivity index is 1.85. The lowest BCUT2D eigenvalue weighted by atomic mass is 9.89. The predicted octanol–water partition coefficient (Wildman–Crippen LogP) is 2.02. The highest BCUT2D eigenvalue weighted by Crippen LogP contribution is 2.23. The van der Waals surface area contributed by atoms with Crippen molar-refractivity contribution in [2.75, 3.05) is 6.54 Å². The van der Waals surface area contributed by atoms with Gasteiger partial charge in [0.15, 0.2) is 5.56 Å². The van der Waals surface area contributed by atoms with E-state index >= 15 is 0 Å². The molecule has 0 bridgehead atoms. The minimum absolute atomic E-state index is 0.290. The zero-order valence-corrected chi connectivity index (χ0v) is 13.2. The normalized spacial score (nSPS) is 15.7. The van der Waals surface area contributed by atoms with Gasteiger partial charge in [-0.1, -0.05) is 19.3 Å². The zero-order chi connectivity index (χ0) is 16.4. The average Bonchev–Trinajstić information content (AvgIpc) is 2.53. The van der Waals surface area contributed by atoms with Crippen molar-refractivity contribution in [1.29, 1.82) is 0 Å². The molecule has 0 radical (unpaired) electrons. The third-order valence-electron chi connectivity index (χ3n) is 4.47. The summed E-state index contributed by atoms with van der Waals surface area (Å²) in [5.41, 5.74) is 0.415. The van der Waals surface area contributed by atoms with Crippen LogP contribution < -0.4 is 10.9 Å². The number of hydrogen-bond donors (Lipinski definition) is 2. The molecule has 6 nitrogen and oxygen atoms in total. The molecule has 1 aliphatic carbocycles. The van der Waals surface area contributed by atoms with Crippen molar-refractivity contribution in [3.8, 4) is 5.88 Å². The standard InChI is InChI=1S/C17H21N3O3/c1-11-7-8-20-13(9-11)19-16(22)14(17(20)23)15(21)18-10-12-5-3-2-4-6-12/h7-9,12,22H,2-6,10H2,1H3,(H,18,21). The molecule has 2 aromatic heterocycles. The molecule has 0 spiro atoms. The average molecular weight is 315 g/mol. The Hall–Kier alpha value is -2.37. The molecule has 0 atom stereocenters. The molecule has 1 aliphatic rings. The predicted molar refractivity (Wildman–Crippen MR) is 86.8 cm³/mol. The number of hydrogen-bond acceptors (Lipinski definition) is 4. The van der Waals surface area contributed by atoms with E-state index < -0.39 is 17.3 Å². The van der Waals surface area contributed by atoms with Gasteiger partial charge in [0.25, 0.3) is 11.5 Å².